The van der Waals surface area contributed by atoms with Gasteiger partial charge in [-0.1, -0.05) is 248 Å². The van der Waals surface area contributed by atoms with Gasteiger partial charge in [0, 0.05) is 24.9 Å². The fourth-order valence-corrected chi connectivity index (χ4v) is 20.0. The molecule has 0 rings (SSSR count). The third-order valence-corrected chi connectivity index (χ3v) is 24.0. The fourth-order valence-electron chi connectivity index (χ4n) is 9.59. The first kappa shape index (κ1) is 68.0. The molecule has 0 saturated heterocycles. The summed E-state index contributed by atoms with van der Waals surface area (Å²) in [5, 5.41) is 0. The van der Waals surface area contributed by atoms with Gasteiger partial charge in [0.05, 0.1) is 49.3 Å². The van der Waals surface area contributed by atoms with E-state index in [1.807, 2.05) is 0 Å². The van der Waals surface area contributed by atoms with Crippen molar-refractivity contribution in [2.45, 2.75) is 312 Å². The van der Waals surface area contributed by atoms with E-state index in [1.165, 1.54) is 244 Å². The standard InChI is InChI=1S/2C28H60P.H2O4S/c2*1-5-9-13-14-15-16-17-18-19-20-21-22-23-24-28-29(25-10-6-2,26-11-7-3)27-12-8-4;1-5(2,3)4/h2*5-28H2,1-4H3;(H2,1,2,3,4)/q2*+1;/p-2. The van der Waals surface area contributed by atoms with Crippen molar-refractivity contribution in [2.24, 2.45) is 0 Å². The summed E-state index contributed by atoms with van der Waals surface area (Å²) in [6.45, 7) is 19.0. The molecule has 0 aliphatic heterocycles. The molecule has 0 aromatic rings. The van der Waals surface area contributed by atoms with Gasteiger partial charge in [-0.05, 0) is 64.2 Å². The maximum absolute atomic E-state index is 8.52. The van der Waals surface area contributed by atoms with E-state index in [0.717, 1.165) is 0 Å². The number of unbranched alkanes of at least 4 members (excludes halogenated alkanes) is 32. The lowest BCUT2D eigenvalue weighted by Crippen LogP contribution is -2.13. The molecule has 7 heteroatoms. The minimum atomic E-state index is -5.17. The van der Waals surface area contributed by atoms with Crippen LogP contribution in [0, 0.1) is 0 Å². The van der Waals surface area contributed by atoms with Crippen LogP contribution in [0.3, 0.4) is 0 Å². The fraction of sp³-hybridized carbons (Fsp3) is 1.00. The first-order valence-electron chi connectivity index (χ1n) is 28.9. The predicted molar refractivity (Wildman–Crippen MR) is 293 cm³/mol. The topological polar surface area (TPSA) is 80.3 Å². The Balaban J connectivity index is -0.00000103. The highest BCUT2D eigenvalue weighted by atomic mass is 32.3. The molecule has 0 aromatic heterocycles. The first-order chi connectivity index (χ1) is 30.5. The average Bonchev–Trinajstić information content (AvgIpc) is 3.26. The Labute approximate surface area is 402 Å². The Kier molecular flexibility index (Phi) is 57.9. The molecule has 63 heavy (non-hydrogen) atoms. The number of hydrogen-bond donors (Lipinski definition) is 0. The summed E-state index contributed by atoms with van der Waals surface area (Å²) in [6.07, 6.45) is 71.9. The van der Waals surface area contributed by atoms with Crippen molar-refractivity contribution in [1.29, 1.82) is 0 Å². The van der Waals surface area contributed by atoms with Gasteiger partial charge < -0.3 is 9.11 Å². The van der Waals surface area contributed by atoms with Gasteiger partial charge in [0.2, 0.25) is 0 Å². The molecule has 4 nitrogen and oxygen atoms in total. The van der Waals surface area contributed by atoms with E-state index in [0.29, 0.717) is 0 Å². The van der Waals surface area contributed by atoms with Gasteiger partial charge in [-0.25, -0.2) is 0 Å². The number of hydrogen-bond acceptors (Lipinski definition) is 4. The normalized spacial score (nSPS) is 12.0. The summed E-state index contributed by atoms with van der Waals surface area (Å²) in [7, 11) is -6.43. The second kappa shape index (κ2) is 53.7. The van der Waals surface area contributed by atoms with Crippen LogP contribution >= 0.6 is 14.5 Å². The largest absolute Gasteiger partial charge is 0.759 e. The Morgan fingerprint density at radius 2 is 0.333 bits per heavy atom. The Morgan fingerprint density at radius 1 is 0.222 bits per heavy atom. The van der Waals surface area contributed by atoms with Gasteiger partial charge >= 0.3 is 0 Å². The third kappa shape index (κ3) is 55.2. The molecule has 0 N–H and O–H groups in total. The molecule has 0 amide bonds. The van der Waals surface area contributed by atoms with Gasteiger partial charge in [0.1, 0.15) is 0 Å². The van der Waals surface area contributed by atoms with Crippen molar-refractivity contribution in [3.63, 3.8) is 0 Å². The van der Waals surface area contributed by atoms with E-state index in [9.17, 15) is 0 Å². The molecule has 0 aliphatic rings. The monoisotopic (exact) mass is 951 g/mol. The Morgan fingerprint density at radius 3 is 0.476 bits per heavy atom. The molecule has 384 valence electrons. The van der Waals surface area contributed by atoms with Crippen LogP contribution in [0.15, 0.2) is 0 Å². The Hall–Kier alpha value is 0.730. The smallest absolute Gasteiger partial charge is 0.0594 e. The van der Waals surface area contributed by atoms with Crippen LogP contribution in [0.1, 0.15) is 312 Å². The number of rotatable bonds is 48. The second-order valence-electron chi connectivity index (χ2n) is 20.2. The van der Waals surface area contributed by atoms with E-state index in [2.05, 4.69) is 55.4 Å². The Bertz CT molecular complexity index is 834. The molecule has 0 bridgehead atoms. The van der Waals surface area contributed by atoms with Gasteiger partial charge in [-0.15, -0.1) is 0 Å². The molecular weight excluding hydrogens is 831 g/mol. The van der Waals surface area contributed by atoms with Crippen molar-refractivity contribution in [1.82, 2.24) is 0 Å². The summed E-state index contributed by atoms with van der Waals surface area (Å²) in [4.78, 5) is 0. The highest BCUT2D eigenvalue weighted by molar-refractivity contribution is 7.79. The third-order valence-electron chi connectivity index (χ3n) is 13.9. The van der Waals surface area contributed by atoms with Crippen LogP contribution in [0.2, 0.25) is 0 Å². The van der Waals surface area contributed by atoms with Crippen molar-refractivity contribution >= 4 is 24.9 Å². The minimum Gasteiger partial charge on any atom is -0.759 e. The van der Waals surface area contributed by atoms with Crippen molar-refractivity contribution in [2.75, 3.05) is 49.3 Å². The van der Waals surface area contributed by atoms with E-state index < -0.39 is 24.9 Å². The van der Waals surface area contributed by atoms with Crippen LogP contribution < -0.4 is 0 Å². The van der Waals surface area contributed by atoms with Crippen LogP contribution in [-0.4, -0.2) is 66.8 Å². The molecule has 0 unspecified atom stereocenters. The molecule has 0 spiro atoms. The lowest BCUT2D eigenvalue weighted by atomic mass is 10.0. The minimum absolute atomic E-state index is 0.630. The van der Waals surface area contributed by atoms with Gasteiger partial charge in [0.15, 0.2) is 0 Å². The van der Waals surface area contributed by atoms with Crippen molar-refractivity contribution < 1.29 is 17.5 Å². The summed E-state index contributed by atoms with van der Waals surface area (Å²) in [6, 6.07) is 0. The zero-order valence-electron chi connectivity index (χ0n) is 44.9. The molecule has 0 radical (unpaired) electrons. The second-order valence-corrected chi connectivity index (χ2v) is 30.0. The molecule has 0 aliphatic carbocycles. The maximum Gasteiger partial charge on any atom is 0.0594 e. The summed E-state index contributed by atoms with van der Waals surface area (Å²) in [5.74, 6) is 0. The quantitative estimate of drug-likeness (QED) is 0.0263. The molecule has 0 fully saturated rings. The van der Waals surface area contributed by atoms with E-state index in [1.54, 1.807) is 62.1 Å². The molecule has 0 heterocycles. The average molecular weight is 952 g/mol. The summed E-state index contributed by atoms with van der Waals surface area (Å²) >= 11 is 0. The lowest BCUT2D eigenvalue weighted by molar-refractivity contribution is 0.352. The first-order valence-corrected chi connectivity index (χ1v) is 35.2. The van der Waals surface area contributed by atoms with Crippen molar-refractivity contribution in [3.05, 3.63) is 0 Å². The van der Waals surface area contributed by atoms with Gasteiger partial charge in [-0.3, -0.25) is 8.42 Å². The molecular formula is C56H120O4P2S. The summed E-state index contributed by atoms with van der Waals surface area (Å²) < 4.78 is 34.1. The SMILES string of the molecule is CCCCCCCCCCCCCCCC[P+](CCCC)(CCCC)CCCC.CCCCCCCCCCCCCCCC[P+](CCCC)(CCCC)CCCC.O=S(=O)([O-])[O-]. The van der Waals surface area contributed by atoms with Gasteiger partial charge in [-0.2, -0.15) is 0 Å². The summed E-state index contributed by atoms with van der Waals surface area (Å²) in [5.41, 5.74) is 0. The molecule has 0 saturated carbocycles. The van der Waals surface area contributed by atoms with Crippen LogP contribution in [0.25, 0.3) is 0 Å². The van der Waals surface area contributed by atoms with E-state index in [4.69, 9.17) is 17.5 Å². The van der Waals surface area contributed by atoms with E-state index >= 15 is 0 Å². The predicted octanol–water partition coefficient (Wildman–Crippen LogP) is 20.4. The highest BCUT2D eigenvalue weighted by Crippen LogP contribution is 2.62. The van der Waals surface area contributed by atoms with Crippen LogP contribution in [-0.2, 0) is 10.4 Å². The lowest BCUT2D eigenvalue weighted by Gasteiger charge is -2.28. The van der Waals surface area contributed by atoms with Crippen LogP contribution in [0.5, 0.6) is 0 Å². The van der Waals surface area contributed by atoms with Crippen molar-refractivity contribution in [3.8, 4) is 0 Å². The maximum atomic E-state index is 8.52. The molecule has 0 atom stereocenters. The zero-order chi connectivity index (χ0) is 47.4. The zero-order valence-corrected chi connectivity index (χ0v) is 47.5. The highest BCUT2D eigenvalue weighted by Gasteiger charge is 2.35. The van der Waals surface area contributed by atoms with E-state index in [-0.39, 0.29) is 0 Å². The van der Waals surface area contributed by atoms with Gasteiger partial charge in [0.25, 0.3) is 0 Å². The van der Waals surface area contributed by atoms with Crippen LogP contribution in [0.4, 0.5) is 0 Å². The molecule has 0 aromatic carbocycles.